The lowest BCUT2D eigenvalue weighted by atomic mass is 9.93. The number of amides is 1. The smallest absolute Gasteiger partial charge is 0.410 e. The summed E-state index contributed by atoms with van der Waals surface area (Å²) in [6.45, 7) is 13.6. The van der Waals surface area contributed by atoms with E-state index >= 15 is 0 Å². The van der Waals surface area contributed by atoms with Crippen LogP contribution in [0.15, 0.2) is 23.7 Å². The monoisotopic (exact) mass is 392 g/mol. The molecule has 158 valence electrons. The number of guanidine groups is 1. The van der Waals surface area contributed by atoms with E-state index < -0.39 is 5.60 Å². The van der Waals surface area contributed by atoms with Gasteiger partial charge in [-0.3, -0.25) is 4.99 Å². The molecule has 8 heteroatoms. The summed E-state index contributed by atoms with van der Waals surface area (Å²) in [4.78, 5) is 24.9. The van der Waals surface area contributed by atoms with Crippen molar-refractivity contribution in [3.05, 3.63) is 18.7 Å². The van der Waals surface area contributed by atoms with Crippen LogP contribution in [0.25, 0.3) is 0 Å². The van der Waals surface area contributed by atoms with Crippen LogP contribution in [0.5, 0.6) is 0 Å². The van der Waals surface area contributed by atoms with Gasteiger partial charge in [0.2, 0.25) is 0 Å². The number of aromatic nitrogens is 2. The van der Waals surface area contributed by atoms with Crippen LogP contribution in [-0.2, 0) is 4.74 Å². The van der Waals surface area contributed by atoms with Crippen LogP contribution < -0.4 is 5.32 Å². The molecule has 0 saturated carbocycles. The second-order valence-electron chi connectivity index (χ2n) is 8.32. The lowest BCUT2D eigenvalue weighted by Gasteiger charge is -2.39. The normalized spacial score (nSPS) is 20.8. The first-order valence-electron chi connectivity index (χ1n) is 10.2. The highest BCUT2D eigenvalue weighted by atomic mass is 16.6. The van der Waals surface area contributed by atoms with Crippen molar-refractivity contribution < 1.29 is 9.53 Å². The van der Waals surface area contributed by atoms with E-state index in [0.717, 1.165) is 25.5 Å². The van der Waals surface area contributed by atoms with Gasteiger partial charge in [-0.25, -0.2) is 9.78 Å². The molecule has 2 rings (SSSR count). The zero-order valence-corrected chi connectivity index (χ0v) is 18.2. The number of carbonyl (C=O) groups is 1. The fraction of sp³-hybridized carbons (Fsp3) is 0.750. The maximum absolute atomic E-state index is 12.3. The molecule has 2 atom stereocenters. The van der Waals surface area contributed by atoms with E-state index in [0.29, 0.717) is 31.6 Å². The van der Waals surface area contributed by atoms with Crippen LogP contribution in [0.4, 0.5) is 4.79 Å². The largest absolute Gasteiger partial charge is 0.444 e. The number of rotatable bonds is 5. The molecule has 0 radical (unpaired) electrons. The number of aliphatic imine (C=N–C) groups is 1. The van der Waals surface area contributed by atoms with Crippen LogP contribution in [0.3, 0.4) is 0 Å². The molecule has 0 aromatic carbocycles. The van der Waals surface area contributed by atoms with Crippen LogP contribution >= 0.6 is 0 Å². The van der Waals surface area contributed by atoms with Gasteiger partial charge in [0.25, 0.3) is 0 Å². The molecule has 1 aromatic heterocycles. The van der Waals surface area contributed by atoms with Gasteiger partial charge in [-0.2, -0.15) is 0 Å². The fourth-order valence-corrected chi connectivity index (χ4v) is 3.43. The molecule has 8 nitrogen and oxygen atoms in total. The van der Waals surface area contributed by atoms with Crippen molar-refractivity contribution in [1.82, 2.24) is 24.7 Å². The average Bonchev–Trinajstić information content (AvgIpc) is 3.15. The van der Waals surface area contributed by atoms with E-state index in [1.807, 2.05) is 46.4 Å². The van der Waals surface area contributed by atoms with Gasteiger partial charge >= 0.3 is 6.09 Å². The second kappa shape index (κ2) is 9.80. The van der Waals surface area contributed by atoms with E-state index in [1.54, 1.807) is 11.9 Å². The topological polar surface area (TPSA) is 75.0 Å². The molecule has 1 aliphatic heterocycles. The quantitative estimate of drug-likeness (QED) is 0.616. The van der Waals surface area contributed by atoms with Gasteiger partial charge < -0.3 is 24.4 Å². The van der Waals surface area contributed by atoms with Gasteiger partial charge in [0.1, 0.15) is 5.60 Å². The minimum absolute atomic E-state index is 0.279. The Morgan fingerprint density at radius 1 is 1.43 bits per heavy atom. The first kappa shape index (κ1) is 22.0. The molecule has 1 N–H and O–H groups in total. The molecule has 1 aliphatic rings. The first-order valence-corrected chi connectivity index (χ1v) is 10.2. The predicted octanol–water partition coefficient (Wildman–Crippen LogP) is 2.60. The number of hydrogen-bond acceptors (Lipinski definition) is 4. The lowest BCUT2D eigenvalue weighted by molar-refractivity contribution is 0.0263. The van der Waals surface area contributed by atoms with E-state index in [1.165, 1.54) is 0 Å². The Morgan fingerprint density at radius 2 is 2.18 bits per heavy atom. The number of likely N-dealkylation sites (tertiary alicyclic amines) is 1. The molecular weight excluding hydrogens is 356 g/mol. The third kappa shape index (κ3) is 6.14. The van der Waals surface area contributed by atoms with Crippen molar-refractivity contribution in [2.45, 2.75) is 52.7 Å². The molecule has 0 spiro atoms. The van der Waals surface area contributed by atoms with E-state index in [-0.39, 0.29) is 6.09 Å². The summed E-state index contributed by atoms with van der Waals surface area (Å²) in [7, 11) is 1.80. The van der Waals surface area contributed by atoms with E-state index in [4.69, 9.17) is 4.74 Å². The highest BCUT2D eigenvalue weighted by Crippen LogP contribution is 2.27. The average molecular weight is 393 g/mol. The SMILES string of the molecule is CCN(CCNC(=NC)N1CCC(C)C(n2ccnc2)C1)C(=O)OC(C)(C)C. The van der Waals surface area contributed by atoms with Crippen LogP contribution in [-0.4, -0.2) is 76.8 Å². The molecular formula is C20H36N6O2. The van der Waals surface area contributed by atoms with Crippen molar-refractivity contribution in [3.8, 4) is 0 Å². The Kier molecular flexibility index (Phi) is 7.71. The van der Waals surface area contributed by atoms with Crippen molar-refractivity contribution in [2.24, 2.45) is 10.9 Å². The zero-order chi connectivity index (χ0) is 20.7. The maximum Gasteiger partial charge on any atom is 0.410 e. The highest BCUT2D eigenvalue weighted by Gasteiger charge is 2.29. The van der Waals surface area contributed by atoms with Crippen molar-refractivity contribution in [2.75, 3.05) is 39.8 Å². The first-order chi connectivity index (χ1) is 13.2. The molecule has 2 unspecified atom stereocenters. The third-order valence-corrected chi connectivity index (χ3v) is 5.04. The Labute approximate surface area is 169 Å². The fourth-order valence-electron chi connectivity index (χ4n) is 3.43. The van der Waals surface area contributed by atoms with Crippen molar-refractivity contribution >= 4 is 12.1 Å². The molecule has 1 amide bonds. The molecule has 28 heavy (non-hydrogen) atoms. The Bertz CT molecular complexity index is 638. The molecule has 1 saturated heterocycles. The highest BCUT2D eigenvalue weighted by molar-refractivity contribution is 5.80. The number of likely N-dealkylation sites (N-methyl/N-ethyl adjacent to an activating group) is 1. The Hall–Kier alpha value is -2.25. The van der Waals surface area contributed by atoms with Gasteiger partial charge in [0.15, 0.2) is 5.96 Å². The summed E-state index contributed by atoms with van der Waals surface area (Å²) in [6.07, 6.45) is 6.57. The summed E-state index contributed by atoms with van der Waals surface area (Å²) in [5.41, 5.74) is -0.485. The number of nitrogens with zero attached hydrogens (tertiary/aromatic N) is 5. The summed E-state index contributed by atoms with van der Waals surface area (Å²) >= 11 is 0. The zero-order valence-electron chi connectivity index (χ0n) is 18.2. The van der Waals surface area contributed by atoms with Gasteiger partial charge in [-0.1, -0.05) is 6.92 Å². The molecule has 1 aromatic rings. The number of imidazole rings is 1. The van der Waals surface area contributed by atoms with Crippen LogP contribution in [0.1, 0.15) is 47.1 Å². The minimum atomic E-state index is -0.485. The maximum atomic E-state index is 12.3. The van der Waals surface area contributed by atoms with E-state index in [9.17, 15) is 4.79 Å². The summed E-state index contributed by atoms with van der Waals surface area (Å²) in [5.74, 6) is 1.46. The Morgan fingerprint density at radius 3 is 2.75 bits per heavy atom. The molecule has 0 bridgehead atoms. The molecule has 1 fully saturated rings. The van der Waals surface area contributed by atoms with Crippen molar-refractivity contribution in [1.29, 1.82) is 0 Å². The summed E-state index contributed by atoms with van der Waals surface area (Å²) in [5, 5.41) is 3.40. The Balaban J connectivity index is 1.89. The van der Waals surface area contributed by atoms with Crippen LogP contribution in [0.2, 0.25) is 0 Å². The molecule has 0 aliphatic carbocycles. The van der Waals surface area contributed by atoms with Crippen molar-refractivity contribution in [3.63, 3.8) is 0 Å². The van der Waals surface area contributed by atoms with Gasteiger partial charge in [0, 0.05) is 52.2 Å². The lowest BCUT2D eigenvalue weighted by Crippen LogP contribution is -2.50. The minimum Gasteiger partial charge on any atom is -0.444 e. The molecule has 2 heterocycles. The second-order valence-corrected chi connectivity index (χ2v) is 8.32. The third-order valence-electron chi connectivity index (χ3n) is 5.04. The number of piperidine rings is 1. The van der Waals surface area contributed by atoms with Gasteiger partial charge in [-0.05, 0) is 40.0 Å². The van der Waals surface area contributed by atoms with Gasteiger partial charge in [0.05, 0.1) is 12.4 Å². The number of carbonyl (C=O) groups excluding carboxylic acids is 1. The van der Waals surface area contributed by atoms with Gasteiger partial charge in [-0.15, -0.1) is 0 Å². The summed E-state index contributed by atoms with van der Waals surface area (Å²) < 4.78 is 7.65. The van der Waals surface area contributed by atoms with E-state index in [2.05, 4.69) is 31.7 Å². The summed E-state index contributed by atoms with van der Waals surface area (Å²) in [6, 6.07) is 0.378. The predicted molar refractivity (Wildman–Crippen MR) is 111 cm³/mol. The van der Waals surface area contributed by atoms with Crippen LogP contribution in [0, 0.1) is 5.92 Å². The standard InChI is InChI=1S/C20H36N6O2/c1-7-24(19(27)28-20(3,4)5)13-10-23-18(21-6)25-11-8-16(2)17(14-25)26-12-9-22-15-26/h9,12,15-17H,7-8,10-11,13-14H2,1-6H3,(H,21,23). The number of hydrogen-bond donors (Lipinski definition) is 1. The number of ether oxygens (including phenoxy) is 1. The number of nitrogens with one attached hydrogen (secondary N) is 1.